The van der Waals surface area contributed by atoms with E-state index < -0.39 is 0 Å². The average molecular weight is 260 g/mol. The number of morpholine rings is 1. The van der Waals surface area contributed by atoms with Crippen molar-refractivity contribution in [2.24, 2.45) is 0 Å². The number of hydrogen-bond donors (Lipinski definition) is 1. The first-order chi connectivity index (χ1) is 8.25. The summed E-state index contributed by atoms with van der Waals surface area (Å²) in [5, 5.41) is 3.54. The van der Waals surface area contributed by atoms with Gasteiger partial charge in [0.1, 0.15) is 11.6 Å². The number of benzene rings is 1. The molecular weight excluding hydrogens is 245 g/mol. The number of rotatable bonds is 4. The number of ether oxygens (including phenoxy) is 2. The van der Waals surface area contributed by atoms with Crippen LogP contribution in [0.25, 0.3) is 0 Å². The predicted octanol–water partition coefficient (Wildman–Crippen LogP) is 2.24. The van der Waals surface area contributed by atoms with Gasteiger partial charge >= 0.3 is 0 Å². The fourth-order valence-corrected chi connectivity index (χ4v) is 1.92. The lowest BCUT2D eigenvalue weighted by Crippen LogP contribution is -2.39. The van der Waals surface area contributed by atoms with Gasteiger partial charge in [0.25, 0.3) is 0 Å². The number of hydrogen-bond acceptors (Lipinski definition) is 3. The molecule has 1 saturated heterocycles. The summed E-state index contributed by atoms with van der Waals surface area (Å²) in [7, 11) is 0. The van der Waals surface area contributed by atoms with Crippen LogP contribution in [0.1, 0.15) is 6.42 Å². The van der Waals surface area contributed by atoms with Gasteiger partial charge in [-0.05, 0) is 18.2 Å². The lowest BCUT2D eigenvalue weighted by molar-refractivity contribution is 0.0159. The third-order valence-electron chi connectivity index (χ3n) is 2.60. The molecule has 3 nitrogen and oxygen atoms in total. The zero-order chi connectivity index (χ0) is 12.1. The van der Waals surface area contributed by atoms with E-state index in [0.29, 0.717) is 17.4 Å². The molecule has 0 amide bonds. The highest BCUT2D eigenvalue weighted by molar-refractivity contribution is 6.32. The molecule has 0 spiro atoms. The normalized spacial score (nSPS) is 20.2. The van der Waals surface area contributed by atoms with E-state index in [1.165, 1.54) is 18.2 Å². The van der Waals surface area contributed by atoms with Gasteiger partial charge in [-0.2, -0.15) is 0 Å². The Balaban J connectivity index is 1.77. The second-order valence-electron chi connectivity index (χ2n) is 3.91. The van der Waals surface area contributed by atoms with Crippen molar-refractivity contribution in [2.45, 2.75) is 12.5 Å². The van der Waals surface area contributed by atoms with Crippen LogP contribution in [0, 0.1) is 5.82 Å². The van der Waals surface area contributed by atoms with Crippen LogP contribution in [0.3, 0.4) is 0 Å². The van der Waals surface area contributed by atoms with E-state index in [1.54, 1.807) is 0 Å². The SMILES string of the molecule is Fc1ccc(OCCC2CNCCO2)c(Cl)c1. The molecule has 1 aromatic carbocycles. The summed E-state index contributed by atoms with van der Waals surface area (Å²) in [4.78, 5) is 0. The summed E-state index contributed by atoms with van der Waals surface area (Å²) in [5.74, 6) is 0.152. The minimum Gasteiger partial charge on any atom is -0.492 e. The third kappa shape index (κ3) is 3.84. The van der Waals surface area contributed by atoms with Crippen LogP contribution in [-0.2, 0) is 4.74 Å². The lowest BCUT2D eigenvalue weighted by Gasteiger charge is -2.23. The van der Waals surface area contributed by atoms with Gasteiger partial charge in [0, 0.05) is 19.5 Å². The van der Waals surface area contributed by atoms with E-state index >= 15 is 0 Å². The largest absolute Gasteiger partial charge is 0.492 e. The average Bonchev–Trinajstić information content (AvgIpc) is 2.33. The highest BCUT2D eigenvalue weighted by atomic mass is 35.5. The topological polar surface area (TPSA) is 30.5 Å². The Bertz CT molecular complexity index is 370. The summed E-state index contributed by atoms with van der Waals surface area (Å²) >= 11 is 5.84. The summed E-state index contributed by atoms with van der Waals surface area (Å²) in [5.41, 5.74) is 0. The van der Waals surface area contributed by atoms with Crippen molar-refractivity contribution in [1.29, 1.82) is 0 Å². The van der Waals surface area contributed by atoms with Crippen LogP contribution in [0.5, 0.6) is 5.75 Å². The molecule has 1 atom stereocenters. The number of halogens is 2. The first-order valence-corrected chi connectivity index (χ1v) is 6.03. The monoisotopic (exact) mass is 259 g/mol. The van der Waals surface area contributed by atoms with Gasteiger partial charge < -0.3 is 14.8 Å². The maximum absolute atomic E-state index is 12.8. The fourth-order valence-electron chi connectivity index (χ4n) is 1.70. The molecule has 1 N–H and O–H groups in total. The minimum atomic E-state index is -0.359. The van der Waals surface area contributed by atoms with Gasteiger partial charge in [-0.25, -0.2) is 4.39 Å². The van der Waals surface area contributed by atoms with Crippen LogP contribution >= 0.6 is 11.6 Å². The lowest BCUT2D eigenvalue weighted by atomic mass is 10.2. The molecule has 1 aliphatic rings. The van der Waals surface area contributed by atoms with Crippen LogP contribution < -0.4 is 10.1 Å². The van der Waals surface area contributed by atoms with E-state index in [9.17, 15) is 4.39 Å². The van der Waals surface area contributed by atoms with Gasteiger partial charge in [0.05, 0.1) is 24.3 Å². The third-order valence-corrected chi connectivity index (χ3v) is 2.89. The Hall–Kier alpha value is -0.840. The smallest absolute Gasteiger partial charge is 0.138 e. The number of nitrogens with one attached hydrogen (secondary N) is 1. The van der Waals surface area contributed by atoms with Crippen molar-refractivity contribution >= 4 is 11.6 Å². The molecule has 94 valence electrons. The summed E-state index contributed by atoms with van der Waals surface area (Å²) in [6, 6.07) is 4.12. The second kappa shape index (κ2) is 6.19. The summed E-state index contributed by atoms with van der Waals surface area (Å²) in [6.07, 6.45) is 0.976. The van der Waals surface area contributed by atoms with Gasteiger partial charge in [0.15, 0.2) is 0 Å². The zero-order valence-corrected chi connectivity index (χ0v) is 10.2. The van der Waals surface area contributed by atoms with Gasteiger partial charge in [-0.3, -0.25) is 0 Å². The molecule has 0 aliphatic carbocycles. The molecular formula is C12H15ClFNO2. The first kappa shape index (κ1) is 12.6. The summed E-state index contributed by atoms with van der Waals surface area (Å²) < 4.78 is 23.8. The van der Waals surface area contributed by atoms with Crippen molar-refractivity contribution in [2.75, 3.05) is 26.3 Å². The molecule has 1 heterocycles. The van der Waals surface area contributed by atoms with Crippen molar-refractivity contribution in [3.8, 4) is 5.75 Å². The molecule has 1 aliphatic heterocycles. The van der Waals surface area contributed by atoms with Gasteiger partial charge in [0.2, 0.25) is 0 Å². The highest BCUT2D eigenvalue weighted by Crippen LogP contribution is 2.25. The molecule has 1 aromatic rings. The molecule has 17 heavy (non-hydrogen) atoms. The molecule has 1 unspecified atom stereocenters. The second-order valence-corrected chi connectivity index (χ2v) is 4.32. The maximum atomic E-state index is 12.8. The fraction of sp³-hybridized carbons (Fsp3) is 0.500. The Morgan fingerprint density at radius 1 is 1.53 bits per heavy atom. The van der Waals surface area contributed by atoms with Crippen LogP contribution in [0.2, 0.25) is 5.02 Å². The van der Waals surface area contributed by atoms with Gasteiger partial charge in [-0.1, -0.05) is 11.6 Å². The Morgan fingerprint density at radius 2 is 2.41 bits per heavy atom. The Morgan fingerprint density at radius 3 is 3.12 bits per heavy atom. The minimum absolute atomic E-state index is 0.183. The van der Waals surface area contributed by atoms with E-state index in [4.69, 9.17) is 21.1 Å². The van der Waals surface area contributed by atoms with Crippen molar-refractivity contribution in [3.63, 3.8) is 0 Å². The molecule has 5 heteroatoms. The van der Waals surface area contributed by atoms with E-state index in [-0.39, 0.29) is 11.9 Å². The van der Waals surface area contributed by atoms with E-state index in [2.05, 4.69) is 5.32 Å². The quantitative estimate of drug-likeness (QED) is 0.900. The highest BCUT2D eigenvalue weighted by Gasteiger charge is 2.13. The summed E-state index contributed by atoms with van der Waals surface area (Å²) in [6.45, 7) is 3.00. The molecule has 2 rings (SSSR count). The Labute approximate surface area is 105 Å². The molecule has 0 radical (unpaired) electrons. The standard InChI is InChI=1S/C12H15ClFNO2/c13-11-7-9(14)1-2-12(11)17-5-3-10-8-15-4-6-16-10/h1-2,7,10,15H,3-6,8H2. The molecule has 0 saturated carbocycles. The Kier molecular flexibility index (Phi) is 4.59. The van der Waals surface area contributed by atoms with Crippen LogP contribution in [0.4, 0.5) is 4.39 Å². The van der Waals surface area contributed by atoms with Crippen LogP contribution in [-0.4, -0.2) is 32.4 Å². The van der Waals surface area contributed by atoms with Gasteiger partial charge in [-0.15, -0.1) is 0 Å². The zero-order valence-electron chi connectivity index (χ0n) is 9.42. The molecule has 1 fully saturated rings. The maximum Gasteiger partial charge on any atom is 0.138 e. The van der Waals surface area contributed by atoms with Crippen LogP contribution in [0.15, 0.2) is 18.2 Å². The van der Waals surface area contributed by atoms with Crippen molar-refractivity contribution in [1.82, 2.24) is 5.32 Å². The van der Waals surface area contributed by atoms with E-state index in [1.807, 2.05) is 0 Å². The first-order valence-electron chi connectivity index (χ1n) is 5.66. The molecule has 0 aromatic heterocycles. The van der Waals surface area contributed by atoms with Crippen molar-refractivity contribution < 1.29 is 13.9 Å². The molecule has 0 bridgehead atoms. The van der Waals surface area contributed by atoms with Crippen molar-refractivity contribution in [3.05, 3.63) is 29.0 Å². The van der Waals surface area contributed by atoms with E-state index in [0.717, 1.165) is 26.1 Å². The predicted molar refractivity (Wildman–Crippen MR) is 64.1 cm³/mol.